The highest BCUT2D eigenvalue weighted by Gasteiger charge is 2.18. The molecule has 1 amide bonds. The topological polar surface area (TPSA) is 136 Å². The molecule has 2 aromatic carbocycles. The summed E-state index contributed by atoms with van der Waals surface area (Å²) in [5.74, 6) is -1.01. The zero-order valence-electron chi connectivity index (χ0n) is 15.1. The molecule has 9 nitrogen and oxygen atoms in total. The number of carbonyl (C=O) groups excluding carboxylic acids is 1. The number of aromatic nitrogens is 2. The number of nitrogens with one attached hydrogen (secondary N) is 2. The number of rotatable bonds is 6. The standard InChI is InChI=1S/C18H16FN5O4S/c1-28-15-7-4-12(23-18(25)16-17(20)22-9-8-21-16)10-14(15)24-29(26,27)13-5-2-11(19)3-6-13/h2-10,24H,1H3,(H2,20,22)(H,23,25). The molecule has 0 unspecified atom stereocenters. The Morgan fingerprint density at radius 2 is 1.79 bits per heavy atom. The van der Waals surface area contributed by atoms with Crippen molar-refractivity contribution >= 4 is 33.1 Å². The third-order valence-electron chi connectivity index (χ3n) is 3.77. The van der Waals surface area contributed by atoms with Crippen LogP contribution in [0.15, 0.2) is 59.8 Å². The van der Waals surface area contributed by atoms with Gasteiger partial charge in [-0.2, -0.15) is 0 Å². The van der Waals surface area contributed by atoms with Gasteiger partial charge in [-0.15, -0.1) is 0 Å². The van der Waals surface area contributed by atoms with Crippen molar-refractivity contribution in [2.45, 2.75) is 4.90 Å². The molecule has 0 spiro atoms. The summed E-state index contributed by atoms with van der Waals surface area (Å²) in [5, 5.41) is 2.56. The smallest absolute Gasteiger partial charge is 0.278 e. The summed E-state index contributed by atoms with van der Waals surface area (Å²) >= 11 is 0. The predicted molar refractivity (Wildman–Crippen MR) is 105 cm³/mol. The van der Waals surface area contributed by atoms with E-state index in [1.54, 1.807) is 0 Å². The number of ether oxygens (including phenoxy) is 1. The molecule has 0 saturated heterocycles. The normalized spacial score (nSPS) is 11.0. The Balaban J connectivity index is 1.88. The Morgan fingerprint density at radius 1 is 1.10 bits per heavy atom. The predicted octanol–water partition coefficient (Wildman–Crippen LogP) is 2.26. The van der Waals surface area contributed by atoms with Gasteiger partial charge in [0.25, 0.3) is 15.9 Å². The fraction of sp³-hybridized carbons (Fsp3) is 0.0556. The highest BCUT2D eigenvalue weighted by atomic mass is 32.2. The lowest BCUT2D eigenvalue weighted by atomic mass is 10.2. The molecule has 3 aromatic rings. The number of nitrogen functional groups attached to an aromatic ring is 1. The minimum Gasteiger partial charge on any atom is -0.495 e. The van der Waals surface area contributed by atoms with Crippen LogP contribution in [0.1, 0.15) is 10.5 Å². The number of hydrogen-bond donors (Lipinski definition) is 3. The van der Waals surface area contributed by atoms with Crippen LogP contribution in [-0.4, -0.2) is 31.4 Å². The zero-order valence-corrected chi connectivity index (χ0v) is 15.9. The number of hydrogen-bond acceptors (Lipinski definition) is 7. The van der Waals surface area contributed by atoms with Gasteiger partial charge in [0.2, 0.25) is 0 Å². The number of methoxy groups -OCH3 is 1. The molecular weight excluding hydrogens is 401 g/mol. The summed E-state index contributed by atoms with van der Waals surface area (Å²) in [7, 11) is -2.65. The Bertz CT molecular complexity index is 1150. The van der Waals surface area contributed by atoms with Gasteiger partial charge in [0.05, 0.1) is 17.7 Å². The third-order valence-corrected chi connectivity index (χ3v) is 5.15. The summed E-state index contributed by atoms with van der Waals surface area (Å²) in [6, 6.07) is 8.68. The van der Waals surface area contributed by atoms with Crippen LogP contribution in [0.5, 0.6) is 5.75 Å². The van der Waals surface area contributed by atoms with Crippen molar-refractivity contribution in [1.29, 1.82) is 0 Å². The van der Waals surface area contributed by atoms with Gasteiger partial charge in [-0.05, 0) is 42.5 Å². The van der Waals surface area contributed by atoms with E-state index in [0.29, 0.717) is 0 Å². The summed E-state index contributed by atoms with van der Waals surface area (Å²) in [5.41, 5.74) is 5.90. The highest BCUT2D eigenvalue weighted by molar-refractivity contribution is 7.92. The quantitative estimate of drug-likeness (QED) is 0.559. The number of nitrogens with two attached hydrogens (primary N) is 1. The Morgan fingerprint density at radius 3 is 2.45 bits per heavy atom. The van der Waals surface area contributed by atoms with Crippen LogP contribution in [0, 0.1) is 5.82 Å². The first-order valence-electron chi connectivity index (χ1n) is 8.14. The van der Waals surface area contributed by atoms with E-state index in [4.69, 9.17) is 10.5 Å². The van der Waals surface area contributed by atoms with Crippen LogP contribution in [0.4, 0.5) is 21.6 Å². The van der Waals surface area contributed by atoms with Crippen molar-refractivity contribution < 1.29 is 22.3 Å². The zero-order chi connectivity index (χ0) is 21.0. The lowest BCUT2D eigenvalue weighted by Gasteiger charge is -2.14. The molecule has 0 bridgehead atoms. The largest absolute Gasteiger partial charge is 0.495 e. The SMILES string of the molecule is COc1ccc(NC(=O)c2nccnc2N)cc1NS(=O)(=O)c1ccc(F)cc1. The maximum absolute atomic E-state index is 13.1. The fourth-order valence-electron chi connectivity index (χ4n) is 2.40. The first kappa shape index (κ1) is 20.0. The first-order valence-corrected chi connectivity index (χ1v) is 9.63. The molecule has 1 heterocycles. The summed E-state index contributed by atoms with van der Waals surface area (Å²) in [6.45, 7) is 0. The maximum Gasteiger partial charge on any atom is 0.278 e. The number of nitrogens with zero attached hydrogens (tertiary/aromatic N) is 2. The number of amides is 1. The van der Waals surface area contributed by atoms with Gasteiger partial charge in [-0.1, -0.05) is 0 Å². The van der Waals surface area contributed by atoms with Crippen LogP contribution in [0.25, 0.3) is 0 Å². The molecule has 0 aliphatic carbocycles. The molecule has 3 rings (SSSR count). The maximum atomic E-state index is 13.1. The second-order valence-corrected chi connectivity index (χ2v) is 7.40. The van der Waals surface area contributed by atoms with Crippen LogP contribution < -0.4 is 20.5 Å². The van der Waals surface area contributed by atoms with Crippen LogP contribution in [0.2, 0.25) is 0 Å². The fourth-order valence-corrected chi connectivity index (χ4v) is 3.46. The van der Waals surface area contributed by atoms with E-state index in [1.165, 1.54) is 37.7 Å². The van der Waals surface area contributed by atoms with E-state index in [1.807, 2.05) is 0 Å². The summed E-state index contributed by atoms with van der Waals surface area (Å²) < 4.78 is 45.7. The molecule has 0 aliphatic rings. The van der Waals surface area contributed by atoms with Crippen molar-refractivity contribution in [1.82, 2.24) is 9.97 Å². The number of halogens is 1. The molecule has 150 valence electrons. The molecule has 0 aliphatic heterocycles. The highest BCUT2D eigenvalue weighted by Crippen LogP contribution is 2.30. The van der Waals surface area contributed by atoms with Gasteiger partial charge < -0.3 is 15.8 Å². The second-order valence-electron chi connectivity index (χ2n) is 5.72. The van der Waals surface area contributed by atoms with Gasteiger partial charge in [-0.3, -0.25) is 9.52 Å². The van der Waals surface area contributed by atoms with Gasteiger partial charge in [0.1, 0.15) is 11.6 Å². The van der Waals surface area contributed by atoms with Gasteiger partial charge in [0, 0.05) is 18.1 Å². The van der Waals surface area contributed by atoms with Crippen molar-refractivity contribution in [3.8, 4) is 5.75 Å². The molecular formula is C18H16FN5O4S. The van der Waals surface area contributed by atoms with E-state index in [2.05, 4.69) is 20.0 Å². The molecule has 0 saturated carbocycles. The van der Waals surface area contributed by atoms with Crippen molar-refractivity contribution in [2.24, 2.45) is 0 Å². The van der Waals surface area contributed by atoms with E-state index in [9.17, 15) is 17.6 Å². The molecule has 0 fully saturated rings. The molecule has 0 radical (unpaired) electrons. The molecule has 11 heteroatoms. The summed E-state index contributed by atoms with van der Waals surface area (Å²) in [4.78, 5) is 19.9. The van der Waals surface area contributed by atoms with Crippen LogP contribution in [-0.2, 0) is 10.0 Å². The average molecular weight is 417 g/mol. The Hall–Kier alpha value is -3.73. The van der Waals surface area contributed by atoms with Crippen LogP contribution in [0.3, 0.4) is 0 Å². The first-order chi connectivity index (χ1) is 13.8. The summed E-state index contributed by atoms with van der Waals surface area (Å²) in [6.07, 6.45) is 2.67. The molecule has 0 atom stereocenters. The monoisotopic (exact) mass is 417 g/mol. The van der Waals surface area contributed by atoms with E-state index in [0.717, 1.165) is 24.3 Å². The van der Waals surface area contributed by atoms with E-state index < -0.39 is 21.7 Å². The Kier molecular flexibility index (Phi) is 5.59. The van der Waals surface area contributed by atoms with E-state index in [-0.39, 0.29) is 33.5 Å². The number of anilines is 3. The lowest BCUT2D eigenvalue weighted by molar-refractivity contribution is 0.102. The van der Waals surface area contributed by atoms with Crippen molar-refractivity contribution in [3.63, 3.8) is 0 Å². The number of carbonyl (C=O) groups is 1. The average Bonchev–Trinajstić information content (AvgIpc) is 2.68. The minimum atomic E-state index is -4.02. The van der Waals surface area contributed by atoms with E-state index >= 15 is 0 Å². The van der Waals surface area contributed by atoms with Gasteiger partial charge in [-0.25, -0.2) is 22.8 Å². The minimum absolute atomic E-state index is 0.0456. The van der Waals surface area contributed by atoms with Crippen molar-refractivity contribution in [3.05, 3.63) is 66.4 Å². The van der Waals surface area contributed by atoms with Gasteiger partial charge in [0.15, 0.2) is 11.5 Å². The van der Waals surface area contributed by atoms with Crippen molar-refractivity contribution in [2.75, 3.05) is 22.9 Å². The number of benzene rings is 2. The Labute approximate surface area is 165 Å². The van der Waals surface area contributed by atoms with Crippen LogP contribution >= 0.6 is 0 Å². The second kappa shape index (κ2) is 8.10. The molecule has 4 N–H and O–H groups in total. The number of sulfonamides is 1. The lowest BCUT2D eigenvalue weighted by Crippen LogP contribution is -2.17. The molecule has 29 heavy (non-hydrogen) atoms. The van der Waals surface area contributed by atoms with Gasteiger partial charge >= 0.3 is 0 Å². The third kappa shape index (κ3) is 4.58. The molecule has 1 aromatic heterocycles.